The van der Waals surface area contributed by atoms with Gasteiger partial charge in [-0.2, -0.15) is 8.42 Å². The summed E-state index contributed by atoms with van der Waals surface area (Å²) in [5, 5.41) is 8.00. The molecule has 0 heterocycles. The van der Waals surface area contributed by atoms with Gasteiger partial charge in [0.25, 0.3) is 10.1 Å². The summed E-state index contributed by atoms with van der Waals surface area (Å²) < 4.78 is 28.0. The molecule has 0 aliphatic carbocycles. The molecule has 1 radical (unpaired) electrons. The van der Waals surface area contributed by atoms with Crippen LogP contribution in [0, 0.1) is 6.42 Å². The van der Waals surface area contributed by atoms with Crippen LogP contribution in [0.15, 0.2) is 0 Å². The standard InChI is InChI=1S/C4H7O5S/c5-4(6)2-1-3-10(7,8)9/h1H,2-3H2,(H,5,6)(H,7,8,9). The number of carboxylic acid groups (broad SMARTS) is 1. The Kier molecular flexibility index (Phi) is 3.31. The Balaban J connectivity index is 3.49. The number of carbonyl (C=O) groups is 1. The van der Waals surface area contributed by atoms with Crippen molar-refractivity contribution in [3.63, 3.8) is 0 Å². The average molecular weight is 167 g/mol. The molecule has 0 bridgehead atoms. The molecule has 0 spiro atoms. The quantitative estimate of drug-likeness (QED) is 0.553. The van der Waals surface area contributed by atoms with Crippen LogP contribution in [0.1, 0.15) is 6.42 Å². The van der Waals surface area contributed by atoms with Crippen molar-refractivity contribution >= 4 is 16.1 Å². The third kappa shape index (κ3) is 7.38. The van der Waals surface area contributed by atoms with Crippen LogP contribution in [0.4, 0.5) is 0 Å². The zero-order valence-electron chi connectivity index (χ0n) is 5.02. The van der Waals surface area contributed by atoms with Crippen molar-refractivity contribution in [1.82, 2.24) is 0 Å². The molecule has 0 atom stereocenters. The molecule has 2 N–H and O–H groups in total. The molecule has 0 saturated heterocycles. The Bertz CT molecular complexity index is 204. The van der Waals surface area contributed by atoms with E-state index in [1.54, 1.807) is 0 Å². The lowest BCUT2D eigenvalue weighted by Gasteiger charge is -1.91. The summed E-state index contributed by atoms with van der Waals surface area (Å²) in [5.74, 6) is -1.73. The highest BCUT2D eigenvalue weighted by Gasteiger charge is 2.05. The molecule has 0 aliphatic rings. The van der Waals surface area contributed by atoms with Crippen molar-refractivity contribution in [3.8, 4) is 0 Å². The van der Waals surface area contributed by atoms with Crippen LogP contribution in [0.3, 0.4) is 0 Å². The first-order chi connectivity index (χ1) is 4.42. The Hall–Kier alpha value is -0.620. The second-order valence-corrected chi connectivity index (χ2v) is 3.13. The van der Waals surface area contributed by atoms with E-state index in [0.717, 1.165) is 6.42 Å². The van der Waals surface area contributed by atoms with Crippen molar-refractivity contribution in [3.05, 3.63) is 6.42 Å². The number of rotatable bonds is 4. The molecule has 0 saturated carbocycles. The van der Waals surface area contributed by atoms with Crippen molar-refractivity contribution in [2.45, 2.75) is 6.42 Å². The van der Waals surface area contributed by atoms with Gasteiger partial charge < -0.3 is 5.11 Å². The lowest BCUT2D eigenvalue weighted by molar-refractivity contribution is -0.136. The summed E-state index contributed by atoms with van der Waals surface area (Å²) in [4.78, 5) is 9.78. The van der Waals surface area contributed by atoms with Gasteiger partial charge in [-0.05, 0) is 6.42 Å². The molecule has 0 aromatic heterocycles. The normalized spacial score (nSPS) is 11.3. The van der Waals surface area contributed by atoms with Crippen molar-refractivity contribution < 1.29 is 22.9 Å². The molecule has 10 heavy (non-hydrogen) atoms. The summed E-state index contributed by atoms with van der Waals surface area (Å²) in [7, 11) is -4.04. The highest BCUT2D eigenvalue weighted by Crippen LogP contribution is 1.91. The van der Waals surface area contributed by atoms with Gasteiger partial charge in [0.05, 0.1) is 5.75 Å². The van der Waals surface area contributed by atoms with Crippen LogP contribution in [0.25, 0.3) is 0 Å². The minimum absolute atomic E-state index is 0.361. The summed E-state index contributed by atoms with van der Waals surface area (Å²) >= 11 is 0. The largest absolute Gasteiger partial charge is 0.481 e. The summed E-state index contributed by atoms with van der Waals surface area (Å²) in [6, 6.07) is 0. The second-order valence-electron chi connectivity index (χ2n) is 1.64. The van der Waals surface area contributed by atoms with E-state index < -0.39 is 21.8 Å². The lowest BCUT2D eigenvalue weighted by atomic mass is 10.3. The molecular weight excluding hydrogens is 160 g/mol. The van der Waals surface area contributed by atoms with Gasteiger partial charge in [0.2, 0.25) is 0 Å². The van der Waals surface area contributed by atoms with Gasteiger partial charge in [0, 0.05) is 6.42 Å². The van der Waals surface area contributed by atoms with E-state index in [4.69, 9.17) is 9.66 Å². The molecule has 0 rings (SSSR count). The second kappa shape index (κ2) is 3.52. The highest BCUT2D eigenvalue weighted by molar-refractivity contribution is 7.85. The van der Waals surface area contributed by atoms with Gasteiger partial charge in [-0.3, -0.25) is 9.35 Å². The smallest absolute Gasteiger partial charge is 0.303 e. The minimum Gasteiger partial charge on any atom is -0.481 e. The zero-order chi connectivity index (χ0) is 8.20. The molecule has 0 amide bonds. The third-order valence-corrected chi connectivity index (χ3v) is 1.30. The zero-order valence-corrected chi connectivity index (χ0v) is 5.84. The molecule has 59 valence electrons. The minimum atomic E-state index is -4.04. The van der Waals surface area contributed by atoms with E-state index in [1.807, 2.05) is 0 Å². The number of carboxylic acids is 1. The molecule has 6 heteroatoms. The van der Waals surface area contributed by atoms with Crippen molar-refractivity contribution in [2.24, 2.45) is 0 Å². The molecule has 0 unspecified atom stereocenters. The topological polar surface area (TPSA) is 91.7 Å². The number of hydrogen-bond acceptors (Lipinski definition) is 3. The van der Waals surface area contributed by atoms with Crippen LogP contribution in [0.2, 0.25) is 0 Å². The molecule has 0 fully saturated rings. The molecular formula is C4H7O5S. The molecule has 0 aliphatic heterocycles. The van der Waals surface area contributed by atoms with Gasteiger partial charge in [-0.25, -0.2) is 0 Å². The fraction of sp³-hybridized carbons (Fsp3) is 0.500. The Morgan fingerprint density at radius 3 is 2.30 bits per heavy atom. The fourth-order valence-corrected chi connectivity index (χ4v) is 0.747. The van der Waals surface area contributed by atoms with E-state index in [2.05, 4.69) is 0 Å². The van der Waals surface area contributed by atoms with Crippen molar-refractivity contribution in [2.75, 3.05) is 5.75 Å². The fourth-order valence-electron chi connectivity index (χ4n) is 0.331. The maximum absolute atomic E-state index is 9.94. The first-order valence-electron chi connectivity index (χ1n) is 2.40. The van der Waals surface area contributed by atoms with Crippen molar-refractivity contribution in [1.29, 1.82) is 0 Å². The van der Waals surface area contributed by atoms with Gasteiger partial charge in [-0.1, -0.05) is 0 Å². The maximum Gasteiger partial charge on any atom is 0.303 e. The van der Waals surface area contributed by atoms with Gasteiger partial charge in [0.15, 0.2) is 0 Å². The predicted molar refractivity (Wildman–Crippen MR) is 33.0 cm³/mol. The molecule has 0 aromatic rings. The SMILES string of the molecule is O=C(O)C[CH]CS(=O)(=O)O. The molecule has 0 aromatic carbocycles. The van der Waals surface area contributed by atoms with Gasteiger partial charge >= 0.3 is 5.97 Å². The monoisotopic (exact) mass is 167 g/mol. The Morgan fingerprint density at radius 2 is 2.00 bits per heavy atom. The van der Waals surface area contributed by atoms with Crippen LogP contribution < -0.4 is 0 Å². The summed E-state index contributed by atoms with van der Waals surface area (Å²) in [6.45, 7) is 0. The van der Waals surface area contributed by atoms with E-state index in [9.17, 15) is 13.2 Å². The number of aliphatic carboxylic acids is 1. The van der Waals surface area contributed by atoms with Crippen LogP contribution >= 0.6 is 0 Å². The number of hydrogen-bond donors (Lipinski definition) is 2. The summed E-state index contributed by atoms with van der Waals surface area (Å²) in [6.07, 6.45) is 0.609. The Morgan fingerprint density at radius 1 is 1.50 bits per heavy atom. The maximum atomic E-state index is 9.94. The lowest BCUT2D eigenvalue weighted by Crippen LogP contribution is -2.06. The van der Waals surface area contributed by atoms with Crippen LogP contribution in [-0.4, -0.2) is 29.8 Å². The summed E-state index contributed by atoms with van der Waals surface area (Å²) in [5.41, 5.74) is 0. The first kappa shape index (κ1) is 9.38. The van der Waals surface area contributed by atoms with E-state index in [-0.39, 0.29) is 6.42 Å². The van der Waals surface area contributed by atoms with Gasteiger partial charge in [-0.15, -0.1) is 0 Å². The van der Waals surface area contributed by atoms with Crippen LogP contribution in [0.5, 0.6) is 0 Å². The van der Waals surface area contributed by atoms with Crippen LogP contribution in [-0.2, 0) is 14.9 Å². The van der Waals surface area contributed by atoms with Gasteiger partial charge in [0.1, 0.15) is 0 Å². The average Bonchev–Trinajstić information content (AvgIpc) is 1.59. The highest BCUT2D eigenvalue weighted by atomic mass is 32.2. The molecule has 5 nitrogen and oxygen atoms in total. The Labute approximate surface area is 58.4 Å². The van der Waals surface area contributed by atoms with E-state index >= 15 is 0 Å². The van der Waals surface area contributed by atoms with E-state index in [1.165, 1.54) is 0 Å². The van der Waals surface area contributed by atoms with E-state index in [0.29, 0.717) is 0 Å². The third-order valence-electron chi connectivity index (χ3n) is 0.647. The predicted octanol–water partition coefficient (Wildman–Crippen LogP) is -0.447. The first-order valence-corrected chi connectivity index (χ1v) is 4.01.